The van der Waals surface area contributed by atoms with Crippen molar-refractivity contribution in [1.29, 1.82) is 0 Å². The summed E-state index contributed by atoms with van der Waals surface area (Å²) < 4.78 is 0. The van der Waals surface area contributed by atoms with Gasteiger partial charge in [-0.2, -0.15) is 0 Å². The molecule has 16 heavy (non-hydrogen) atoms. The van der Waals surface area contributed by atoms with Gasteiger partial charge < -0.3 is 10.8 Å². The summed E-state index contributed by atoms with van der Waals surface area (Å²) in [5.74, 6) is -1.21. The Bertz CT molecular complexity index is 593. The summed E-state index contributed by atoms with van der Waals surface area (Å²) in [5, 5.41) is 8.87. The van der Waals surface area contributed by atoms with Crippen molar-refractivity contribution in [3.8, 4) is 0 Å². The van der Waals surface area contributed by atoms with Crippen molar-refractivity contribution in [3.63, 3.8) is 0 Å². The Morgan fingerprint density at radius 3 is 2.19 bits per heavy atom. The van der Waals surface area contributed by atoms with E-state index in [2.05, 4.69) is 9.97 Å². The van der Waals surface area contributed by atoms with E-state index >= 15 is 0 Å². The van der Waals surface area contributed by atoms with Crippen LogP contribution in [0.5, 0.6) is 0 Å². The van der Waals surface area contributed by atoms with E-state index in [-0.39, 0.29) is 11.5 Å². The molecule has 82 valence electrons. The van der Waals surface area contributed by atoms with Gasteiger partial charge in [0.25, 0.3) is 0 Å². The van der Waals surface area contributed by atoms with Gasteiger partial charge in [0, 0.05) is 0 Å². The molecule has 0 saturated heterocycles. The summed E-state index contributed by atoms with van der Waals surface area (Å²) in [6.07, 6.45) is 0. The first kappa shape index (κ1) is 10.4. The molecule has 1 heterocycles. The SMILES string of the molecule is Cc1cc2nc(N)c(C(=O)O)nc2cc1C. The van der Waals surface area contributed by atoms with Gasteiger partial charge in [-0.3, -0.25) is 0 Å². The summed E-state index contributed by atoms with van der Waals surface area (Å²) in [6.45, 7) is 3.89. The molecule has 1 aromatic heterocycles. The molecule has 0 bridgehead atoms. The van der Waals surface area contributed by atoms with Crippen LogP contribution in [0.3, 0.4) is 0 Å². The van der Waals surface area contributed by atoms with E-state index < -0.39 is 5.97 Å². The second-order valence-electron chi connectivity index (χ2n) is 3.69. The molecule has 5 heteroatoms. The molecule has 2 aromatic rings. The number of hydrogen-bond donors (Lipinski definition) is 2. The minimum absolute atomic E-state index is 0.0525. The molecule has 0 fully saturated rings. The van der Waals surface area contributed by atoms with Crippen molar-refractivity contribution < 1.29 is 9.90 Å². The van der Waals surface area contributed by atoms with Gasteiger partial charge in [-0.15, -0.1) is 0 Å². The van der Waals surface area contributed by atoms with Gasteiger partial charge in [-0.25, -0.2) is 14.8 Å². The van der Waals surface area contributed by atoms with E-state index in [0.717, 1.165) is 11.1 Å². The van der Waals surface area contributed by atoms with Crippen LogP contribution < -0.4 is 5.73 Å². The van der Waals surface area contributed by atoms with Gasteiger partial charge in [0.1, 0.15) is 0 Å². The molecular formula is C11H11N3O2. The number of aromatic carboxylic acids is 1. The summed E-state index contributed by atoms with van der Waals surface area (Å²) in [7, 11) is 0. The van der Waals surface area contributed by atoms with Crippen LogP contribution in [0.4, 0.5) is 5.82 Å². The van der Waals surface area contributed by atoms with Crippen LogP contribution in [0.25, 0.3) is 11.0 Å². The number of carbonyl (C=O) groups is 1. The zero-order valence-corrected chi connectivity index (χ0v) is 8.98. The maximum Gasteiger partial charge on any atom is 0.358 e. The first-order valence-corrected chi connectivity index (χ1v) is 4.77. The van der Waals surface area contributed by atoms with Crippen LogP contribution in [-0.4, -0.2) is 21.0 Å². The second-order valence-corrected chi connectivity index (χ2v) is 3.69. The third-order valence-corrected chi connectivity index (χ3v) is 2.51. The van der Waals surface area contributed by atoms with E-state index in [1.807, 2.05) is 26.0 Å². The van der Waals surface area contributed by atoms with Crippen LogP contribution in [0, 0.1) is 13.8 Å². The molecule has 0 atom stereocenters. The number of aromatic nitrogens is 2. The van der Waals surface area contributed by atoms with Crippen LogP contribution in [0.2, 0.25) is 0 Å². The normalized spacial score (nSPS) is 10.6. The Morgan fingerprint density at radius 2 is 1.69 bits per heavy atom. The quantitative estimate of drug-likeness (QED) is 0.756. The predicted molar refractivity (Wildman–Crippen MR) is 60.4 cm³/mol. The Morgan fingerprint density at radius 1 is 1.19 bits per heavy atom. The monoisotopic (exact) mass is 217 g/mol. The lowest BCUT2D eigenvalue weighted by molar-refractivity contribution is 0.0692. The van der Waals surface area contributed by atoms with Gasteiger partial charge >= 0.3 is 5.97 Å². The highest BCUT2D eigenvalue weighted by Crippen LogP contribution is 2.18. The lowest BCUT2D eigenvalue weighted by Gasteiger charge is -2.05. The Balaban J connectivity index is 2.79. The average Bonchev–Trinajstić information content (AvgIpc) is 2.19. The number of nitrogens with zero attached hydrogens (tertiary/aromatic N) is 2. The summed E-state index contributed by atoms with van der Waals surface area (Å²) >= 11 is 0. The first-order chi connectivity index (χ1) is 7.49. The number of carboxylic acid groups (broad SMARTS) is 1. The van der Waals surface area contributed by atoms with Crippen molar-refractivity contribution >= 4 is 22.8 Å². The van der Waals surface area contributed by atoms with Crippen molar-refractivity contribution in [3.05, 3.63) is 29.0 Å². The summed E-state index contributed by atoms with van der Waals surface area (Å²) in [5.41, 5.74) is 8.61. The number of anilines is 1. The smallest absolute Gasteiger partial charge is 0.358 e. The molecule has 0 aliphatic carbocycles. The maximum atomic E-state index is 10.8. The third kappa shape index (κ3) is 1.56. The molecule has 0 amide bonds. The van der Waals surface area contributed by atoms with Gasteiger partial charge in [0.05, 0.1) is 11.0 Å². The molecule has 3 N–H and O–H groups in total. The molecule has 1 aromatic carbocycles. The largest absolute Gasteiger partial charge is 0.476 e. The number of hydrogen-bond acceptors (Lipinski definition) is 4. The van der Waals surface area contributed by atoms with Crippen molar-refractivity contribution in [2.45, 2.75) is 13.8 Å². The van der Waals surface area contributed by atoms with E-state index in [4.69, 9.17) is 10.8 Å². The first-order valence-electron chi connectivity index (χ1n) is 4.77. The van der Waals surface area contributed by atoms with Crippen molar-refractivity contribution in [1.82, 2.24) is 9.97 Å². The molecule has 2 rings (SSSR count). The van der Waals surface area contributed by atoms with E-state index in [1.54, 1.807) is 0 Å². The van der Waals surface area contributed by atoms with E-state index in [9.17, 15) is 4.79 Å². The van der Waals surface area contributed by atoms with E-state index in [1.165, 1.54) is 0 Å². The van der Waals surface area contributed by atoms with Gasteiger partial charge in [-0.1, -0.05) is 0 Å². The Labute approximate surface area is 91.9 Å². The van der Waals surface area contributed by atoms with Gasteiger partial charge in [-0.05, 0) is 37.1 Å². The zero-order chi connectivity index (χ0) is 11.9. The summed E-state index contributed by atoms with van der Waals surface area (Å²) in [6, 6.07) is 3.66. The average molecular weight is 217 g/mol. The highest BCUT2D eigenvalue weighted by atomic mass is 16.4. The van der Waals surface area contributed by atoms with E-state index in [0.29, 0.717) is 11.0 Å². The maximum absolute atomic E-state index is 10.8. The fraction of sp³-hybridized carbons (Fsp3) is 0.182. The van der Waals surface area contributed by atoms with Crippen molar-refractivity contribution in [2.24, 2.45) is 0 Å². The van der Waals surface area contributed by atoms with Gasteiger partial charge in [0.15, 0.2) is 11.5 Å². The molecule has 0 radical (unpaired) electrons. The topological polar surface area (TPSA) is 89.1 Å². The minimum Gasteiger partial charge on any atom is -0.476 e. The van der Waals surface area contributed by atoms with Crippen LogP contribution in [0.15, 0.2) is 12.1 Å². The molecule has 0 aliphatic rings. The Hall–Kier alpha value is -2.17. The second kappa shape index (κ2) is 3.44. The lowest BCUT2D eigenvalue weighted by Crippen LogP contribution is -2.08. The number of aryl methyl sites for hydroxylation is 2. The number of benzene rings is 1. The van der Waals surface area contributed by atoms with Crippen LogP contribution in [-0.2, 0) is 0 Å². The summed E-state index contributed by atoms with van der Waals surface area (Å²) in [4.78, 5) is 18.9. The highest BCUT2D eigenvalue weighted by molar-refractivity contribution is 5.93. The van der Waals surface area contributed by atoms with Gasteiger partial charge in [0.2, 0.25) is 0 Å². The number of carboxylic acids is 1. The fourth-order valence-corrected chi connectivity index (χ4v) is 1.48. The molecular weight excluding hydrogens is 206 g/mol. The predicted octanol–water partition coefficient (Wildman–Crippen LogP) is 1.53. The number of fused-ring (bicyclic) bond motifs is 1. The number of nitrogen functional groups attached to an aromatic ring is 1. The zero-order valence-electron chi connectivity index (χ0n) is 8.98. The standard InChI is InChI=1S/C11H11N3O2/c1-5-3-7-8(4-6(5)2)14-10(12)9(13-7)11(15)16/h3-4H,1-2H3,(H2,12,14)(H,15,16). The van der Waals surface area contributed by atoms with Crippen molar-refractivity contribution in [2.75, 3.05) is 5.73 Å². The molecule has 0 aliphatic heterocycles. The number of nitrogens with two attached hydrogens (primary N) is 1. The Kier molecular flexibility index (Phi) is 2.23. The third-order valence-electron chi connectivity index (χ3n) is 2.51. The molecule has 0 unspecified atom stereocenters. The minimum atomic E-state index is -1.16. The highest BCUT2D eigenvalue weighted by Gasteiger charge is 2.13. The number of rotatable bonds is 1. The molecule has 0 spiro atoms. The lowest BCUT2D eigenvalue weighted by atomic mass is 10.1. The molecule has 0 saturated carbocycles. The molecule has 5 nitrogen and oxygen atoms in total. The van der Waals surface area contributed by atoms with Crippen LogP contribution >= 0.6 is 0 Å². The van der Waals surface area contributed by atoms with Crippen LogP contribution in [0.1, 0.15) is 21.6 Å². The fourth-order valence-electron chi connectivity index (χ4n) is 1.48.